The minimum atomic E-state index is -0.105. The van der Waals surface area contributed by atoms with E-state index in [0.717, 1.165) is 25.3 Å². The number of hydrogen-bond acceptors (Lipinski definition) is 4. The van der Waals surface area contributed by atoms with Gasteiger partial charge in [-0.25, -0.2) is 0 Å². The molecule has 0 spiro atoms. The zero-order chi connectivity index (χ0) is 17.7. The molecule has 2 amide bonds. The molecule has 132 valence electrons. The van der Waals surface area contributed by atoms with Gasteiger partial charge in [0.25, 0.3) is 5.91 Å². The molecule has 1 aliphatic heterocycles. The van der Waals surface area contributed by atoms with Gasteiger partial charge in [0, 0.05) is 25.7 Å². The molecule has 1 heterocycles. The summed E-state index contributed by atoms with van der Waals surface area (Å²) in [5.74, 6) is 0.222. The van der Waals surface area contributed by atoms with Crippen molar-refractivity contribution in [1.29, 1.82) is 0 Å². The molecule has 24 heavy (non-hydrogen) atoms. The summed E-state index contributed by atoms with van der Waals surface area (Å²) in [6.07, 6.45) is 0. The second-order valence-corrected chi connectivity index (χ2v) is 6.44. The fourth-order valence-corrected chi connectivity index (χ4v) is 2.96. The normalized spacial score (nSPS) is 15.0. The first-order valence-electron chi connectivity index (χ1n) is 8.60. The van der Waals surface area contributed by atoms with Gasteiger partial charge in [-0.15, -0.1) is 0 Å². The molecule has 6 nitrogen and oxygen atoms in total. The Morgan fingerprint density at radius 1 is 1.38 bits per heavy atom. The van der Waals surface area contributed by atoms with E-state index in [4.69, 9.17) is 0 Å². The molecular formula is C18H28N4O2. The highest BCUT2D eigenvalue weighted by atomic mass is 16.2. The Hall–Kier alpha value is -2.08. The van der Waals surface area contributed by atoms with E-state index < -0.39 is 0 Å². The first-order chi connectivity index (χ1) is 11.4. The highest BCUT2D eigenvalue weighted by Gasteiger charge is 2.20. The molecule has 6 heteroatoms. The third-order valence-electron chi connectivity index (χ3n) is 4.40. The van der Waals surface area contributed by atoms with E-state index in [2.05, 4.69) is 36.3 Å². The number of fused-ring (bicyclic) bond motifs is 1. The molecule has 1 unspecified atom stereocenters. The third-order valence-corrected chi connectivity index (χ3v) is 4.40. The maximum absolute atomic E-state index is 12.4. The van der Waals surface area contributed by atoms with Crippen LogP contribution in [0.25, 0.3) is 0 Å². The second kappa shape index (κ2) is 8.15. The van der Waals surface area contributed by atoms with Gasteiger partial charge in [0.05, 0.1) is 17.9 Å². The third kappa shape index (κ3) is 4.47. The summed E-state index contributed by atoms with van der Waals surface area (Å²) in [6.45, 7) is 10.4. The van der Waals surface area contributed by atoms with E-state index in [0.29, 0.717) is 30.3 Å². The maximum atomic E-state index is 12.4. The van der Waals surface area contributed by atoms with Gasteiger partial charge < -0.3 is 20.4 Å². The number of hydrogen-bond donors (Lipinski definition) is 2. The zero-order valence-corrected chi connectivity index (χ0v) is 15.1. The molecule has 1 aliphatic rings. The molecule has 1 aromatic carbocycles. The van der Waals surface area contributed by atoms with Crippen molar-refractivity contribution >= 4 is 23.2 Å². The molecule has 0 fully saturated rings. The van der Waals surface area contributed by atoms with Crippen molar-refractivity contribution in [3.63, 3.8) is 0 Å². The summed E-state index contributed by atoms with van der Waals surface area (Å²) >= 11 is 0. The SMILES string of the molecule is CCN(CC)CC(C)CNC(=O)c1ccc2c(c1)NC(=O)CN2C. The lowest BCUT2D eigenvalue weighted by atomic mass is 10.1. The van der Waals surface area contributed by atoms with Crippen molar-refractivity contribution in [3.05, 3.63) is 23.8 Å². The standard InChI is InChI=1S/C18H28N4O2/c1-5-22(6-2)11-13(3)10-19-18(24)14-7-8-16-15(9-14)20-17(23)12-21(16)4/h7-9,13H,5-6,10-12H2,1-4H3,(H,19,24)(H,20,23). The van der Waals surface area contributed by atoms with Crippen molar-refractivity contribution in [3.8, 4) is 0 Å². The van der Waals surface area contributed by atoms with Gasteiger partial charge in [0.1, 0.15) is 0 Å². The lowest BCUT2D eigenvalue weighted by Crippen LogP contribution is -2.36. The van der Waals surface area contributed by atoms with Crippen LogP contribution in [0, 0.1) is 5.92 Å². The molecule has 2 N–H and O–H groups in total. The van der Waals surface area contributed by atoms with E-state index >= 15 is 0 Å². The second-order valence-electron chi connectivity index (χ2n) is 6.44. The molecule has 0 saturated carbocycles. The molecule has 0 aliphatic carbocycles. The number of carbonyl (C=O) groups is 2. The summed E-state index contributed by atoms with van der Waals surface area (Å²) in [6, 6.07) is 5.42. The average Bonchev–Trinajstić information content (AvgIpc) is 2.56. The number of rotatable bonds is 7. The summed E-state index contributed by atoms with van der Waals surface area (Å²) in [4.78, 5) is 28.2. The Bertz CT molecular complexity index is 599. The molecule has 0 radical (unpaired) electrons. The molecule has 1 aromatic rings. The Morgan fingerprint density at radius 2 is 2.08 bits per heavy atom. The van der Waals surface area contributed by atoms with E-state index in [1.807, 2.05) is 18.0 Å². The van der Waals surface area contributed by atoms with Crippen LogP contribution in [0.4, 0.5) is 11.4 Å². The van der Waals surface area contributed by atoms with Crippen molar-refractivity contribution in [1.82, 2.24) is 10.2 Å². The minimum Gasteiger partial charge on any atom is -0.364 e. The average molecular weight is 332 g/mol. The lowest BCUT2D eigenvalue weighted by molar-refractivity contribution is -0.115. The Morgan fingerprint density at radius 3 is 2.75 bits per heavy atom. The first kappa shape index (κ1) is 18.3. The summed E-state index contributed by atoms with van der Waals surface area (Å²) in [7, 11) is 1.87. The zero-order valence-electron chi connectivity index (χ0n) is 15.1. The highest BCUT2D eigenvalue weighted by molar-refractivity contribution is 6.03. The summed E-state index contributed by atoms with van der Waals surface area (Å²) in [5.41, 5.74) is 2.19. The van der Waals surface area contributed by atoms with Crippen LogP contribution in [-0.2, 0) is 4.79 Å². The van der Waals surface area contributed by atoms with Crippen LogP contribution in [-0.4, -0.2) is 56.5 Å². The largest absolute Gasteiger partial charge is 0.364 e. The fourth-order valence-electron chi connectivity index (χ4n) is 2.96. The number of carbonyl (C=O) groups excluding carboxylic acids is 2. The molecule has 2 rings (SSSR count). The van der Waals surface area contributed by atoms with E-state index in [9.17, 15) is 9.59 Å². The number of anilines is 2. The summed E-state index contributed by atoms with van der Waals surface area (Å²) in [5, 5.41) is 5.81. The van der Waals surface area contributed by atoms with Gasteiger partial charge in [0.15, 0.2) is 0 Å². The van der Waals surface area contributed by atoms with Gasteiger partial charge in [-0.05, 0) is 37.2 Å². The van der Waals surface area contributed by atoms with Crippen molar-refractivity contribution in [2.75, 3.05) is 50.0 Å². The maximum Gasteiger partial charge on any atom is 0.251 e. The monoisotopic (exact) mass is 332 g/mol. The number of benzene rings is 1. The van der Waals surface area contributed by atoms with Crippen molar-refractivity contribution in [2.24, 2.45) is 5.92 Å². The van der Waals surface area contributed by atoms with Crippen LogP contribution >= 0.6 is 0 Å². The molecule has 0 saturated heterocycles. The smallest absolute Gasteiger partial charge is 0.251 e. The number of nitrogens with zero attached hydrogens (tertiary/aromatic N) is 2. The van der Waals surface area contributed by atoms with Crippen LogP contribution < -0.4 is 15.5 Å². The van der Waals surface area contributed by atoms with Gasteiger partial charge in [-0.2, -0.15) is 0 Å². The minimum absolute atomic E-state index is 0.0598. The van der Waals surface area contributed by atoms with Crippen LogP contribution in [0.3, 0.4) is 0 Å². The Kier molecular flexibility index (Phi) is 6.20. The predicted octanol–water partition coefficient (Wildman–Crippen LogP) is 1.78. The van der Waals surface area contributed by atoms with Gasteiger partial charge in [0.2, 0.25) is 5.91 Å². The van der Waals surface area contributed by atoms with E-state index in [1.165, 1.54) is 0 Å². The highest BCUT2D eigenvalue weighted by Crippen LogP contribution is 2.29. The summed E-state index contributed by atoms with van der Waals surface area (Å²) < 4.78 is 0. The fraction of sp³-hybridized carbons (Fsp3) is 0.556. The van der Waals surface area contributed by atoms with Crippen molar-refractivity contribution < 1.29 is 9.59 Å². The molecule has 1 atom stereocenters. The number of nitrogens with one attached hydrogen (secondary N) is 2. The van der Waals surface area contributed by atoms with Crippen LogP contribution in [0.15, 0.2) is 18.2 Å². The quantitative estimate of drug-likeness (QED) is 0.799. The number of likely N-dealkylation sites (N-methyl/N-ethyl adjacent to an activating group) is 1. The Balaban J connectivity index is 1.96. The predicted molar refractivity (Wildman–Crippen MR) is 97.6 cm³/mol. The van der Waals surface area contributed by atoms with Gasteiger partial charge in [-0.3, -0.25) is 9.59 Å². The molecule has 0 bridgehead atoms. The van der Waals surface area contributed by atoms with Gasteiger partial charge in [-0.1, -0.05) is 20.8 Å². The topological polar surface area (TPSA) is 64.7 Å². The Labute approximate surface area is 144 Å². The first-order valence-corrected chi connectivity index (χ1v) is 8.60. The van der Waals surface area contributed by atoms with E-state index in [-0.39, 0.29) is 11.8 Å². The van der Waals surface area contributed by atoms with Crippen LogP contribution in [0.1, 0.15) is 31.1 Å². The van der Waals surface area contributed by atoms with Crippen LogP contribution in [0.5, 0.6) is 0 Å². The van der Waals surface area contributed by atoms with Crippen molar-refractivity contribution in [2.45, 2.75) is 20.8 Å². The molecular weight excluding hydrogens is 304 g/mol. The van der Waals surface area contributed by atoms with E-state index in [1.54, 1.807) is 12.1 Å². The lowest BCUT2D eigenvalue weighted by Gasteiger charge is -2.27. The van der Waals surface area contributed by atoms with Gasteiger partial charge >= 0.3 is 0 Å². The molecule has 0 aromatic heterocycles. The van der Waals surface area contributed by atoms with Crippen LogP contribution in [0.2, 0.25) is 0 Å². The number of amides is 2.